The summed E-state index contributed by atoms with van der Waals surface area (Å²) in [5, 5.41) is 11.2. The molecule has 26 heavy (non-hydrogen) atoms. The predicted molar refractivity (Wildman–Crippen MR) is 101 cm³/mol. The van der Waals surface area contributed by atoms with Crippen LogP contribution in [0, 0.1) is 0 Å². The monoisotopic (exact) mass is 386 g/mol. The Kier molecular flexibility index (Phi) is 7.83. The van der Waals surface area contributed by atoms with Crippen molar-refractivity contribution in [1.82, 2.24) is 25.4 Å². The highest BCUT2D eigenvalue weighted by atomic mass is 32.2. The van der Waals surface area contributed by atoms with Crippen LogP contribution < -0.4 is 10.6 Å². The summed E-state index contributed by atoms with van der Waals surface area (Å²) in [7, 11) is -2.98. The Balaban J connectivity index is 1.80. The first-order valence-electron chi connectivity index (χ1n) is 9.14. The average molecular weight is 387 g/mol. The molecule has 2 heterocycles. The number of guanidine groups is 1. The van der Waals surface area contributed by atoms with Crippen LogP contribution >= 0.6 is 0 Å². The summed E-state index contributed by atoms with van der Waals surface area (Å²) in [5.41, 5.74) is 0. The number of nitrogens with zero attached hydrogens (tertiary/aromatic N) is 4. The fraction of sp³-hybridized carbons (Fsp3) is 0.812. The van der Waals surface area contributed by atoms with Gasteiger partial charge in [0.2, 0.25) is 0 Å². The Labute approximate surface area is 155 Å². The van der Waals surface area contributed by atoms with Crippen molar-refractivity contribution in [3.8, 4) is 0 Å². The fourth-order valence-corrected chi connectivity index (χ4v) is 3.10. The van der Waals surface area contributed by atoms with Crippen LogP contribution in [0.4, 0.5) is 0 Å². The molecule has 0 aromatic carbocycles. The normalized spacial score (nSPS) is 17.8. The van der Waals surface area contributed by atoms with Crippen molar-refractivity contribution in [1.29, 1.82) is 0 Å². The maximum atomic E-state index is 11.0. The molecule has 0 radical (unpaired) electrons. The van der Waals surface area contributed by atoms with E-state index in [4.69, 9.17) is 4.74 Å². The summed E-state index contributed by atoms with van der Waals surface area (Å²) in [6.07, 6.45) is 3.94. The smallest absolute Gasteiger partial charge is 0.191 e. The zero-order valence-electron chi connectivity index (χ0n) is 15.9. The molecule has 0 spiro atoms. The number of nitrogens with one attached hydrogen (secondary N) is 2. The Hall–Kier alpha value is -1.68. The lowest BCUT2D eigenvalue weighted by Crippen LogP contribution is -2.47. The van der Waals surface area contributed by atoms with Crippen LogP contribution in [0.2, 0.25) is 0 Å². The Morgan fingerprint density at radius 3 is 2.88 bits per heavy atom. The van der Waals surface area contributed by atoms with Gasteiger partial charge in [0.05, 0.1) is 32.1 Å². The summed E-state index contributed by atoms with van der Waals surface area (Å²) < 4.78 is 29.4. The second kappa shape index (κ2) is 9.86. The van der Waals surface area contributed by atoms with Gasteiger partial charge in [-0.25, -0.2) is 18.1 Å². The van der Waals surface area contributed by atoms with Crippen LogP contribution in [0.15, 0.2) is 4.99 Å². The quantitative estimate of drug-likeness (QED) is 0.343. The van der Waals surface area contributed by atoms with Crippen molar-refractivity contribution in [3.63, 3.8) is 0 Å². The number of aliphatic imine (C=N–C) groups is 1. The first kappa shape index (κ1) is 20.6. The topological polar surface area (TPSA) is 110 Å². The molecule has 0 amide bonds. The molecule has 0 bridgehead atoms. The first-order valence-corrected chi connectivity index (χ1v) is 11.2. The van der Waals surface area contributed by atoms with E-state index < -0.39 is 9.84 Å². The number of aryl methyl sites for hydroxylation is 2. The highest BCUT2D eigenvalue weighted by molar-refractivity contribution is 7.90. The summed E-state index contributed by atoms with van der Waals surface area (Å²) in [6.45, 7) is 6.69. The van der Waals surface area contributed by atoms with E-state index in [1.165, 1.54) is 6.26 Å². The molecule has 0 saturated heterocycles. The number of fused-ring (bicyclic) bond motifs is 1. The molecule has 1 aromatic heterocycles. The number of aromatic nitrogens is 3. The van der Waals surface area contributed by atoms with Gasteiger partial charge >= 0.3 is 0 Å². The highest BCUT2D eigenvalue weighted by Gasteiger charge is 2.21. The minimum atomic E-state index is -2.98. The van der Waals surface area contributed by atoms with Crippen molar-refractivity contribution >= 4 is 15.8 Å². The van der Waals surface area contributed by atoms with Gasteiger partial charge in [-0.1, -0.05) is 6.92 Å². The van der Waals surface area contributed by atoms with Crippen molar-refractivity contribution in [2.75, 3.05) is 38.3 Å². The van der Waals surface area contributed by atoms with E-state index in [1.807, 2.05) is 11.6 Å². The van der Waals surface area contributed by atoms with Crippen molar-refractivity contribution in [3.05, 3.63) is 11.6 Å². The maximum Gasteiger partial charge on any atom is 0.191 e. The molecule has 0 saturated carbocycles. The van der Waals surface area contributed by atoms with E-state index >= 15 is 0 Å². The van der Waals surface area contributed by atoms with Gasteiger partial charge in [0, 0.05) is 31.7 Å². The molecule has 1 aromatic rings. The van der Waals surface area contributed by atoms with Crippen LogP contribution in [0.1, 0.15) is 31.9 Å². The third-order valence-electron chi connectivity index (χ3n) is 4.01. The third-order valence-corrected chi connectivity index (χ3v) is 4.92. The predicted octanol–water partition coefficient (Wildman–Crippen LogP) is -0.228. The molecule has 2 rings (SSSR count). The van der Waals surface area contributed by atoms with E-state index in [0.29, 0.717) is 13.2 Å². The largest absolute Gasteiger partial charge is 0.378 e. The standard InChI is InChI=1S/C16H30N6O3S/c1-4-14-20-15-7-6-13(12-22(15)21-14)19-16(17-5-2)18-8-9-25-10-11-26(3,23)24/h13H,4-12H2,1-3H3,(H2,17,18,19). The van der Waals surface area contributed by atoms with Gasteiger partial charge < -0.3 is 15.4 Å². The number of hydrogen-bond acceptors (Lipinski definition) is 6. The Bertz CT molecular complexity index is 701. The lowest BCUT2D eigenvalue weighted by atomic mass is 10.1. The van der Waals surface area contributed by atoms with E-state index in [-0.39, 0.29) is 18.4 Å². The second-order valence-electron chi connectivity index (χ2n) is 6.36. The van der Waals surface area contributed by atoms with Crippen LogP contribution in [0.3, 0.4) is 0 Å². The van der Waals surface area contributed by atoms with Gasteiger partial charge in [0.25, 0.3) is 0 Å². The number of ether oxygens (including phenoxy) is 1. The van der Waals surface area contributed by atoms with Gasteiger partial charge in [-0.3, -0.25) is 4.99 Å². The van der Waals surface area contributed by atoms with Crippen molar-refractivity contribution in [2.24, 2.45) is 4.99 Å². The minimum Gasteiger partial charge on any atom is -0.378 e. The lowest BCUT2D eigenvalue weighted by Gasteiger charge is -2.25. The molecule has 1 aliphatic rings. The Morgan fingerprint density at radius 1 is 1.38 bits per heavy atom. The minimum absolute atomic E-state index is 0.0388. The van der Waals surface area contributed by atoms with E-state index in [0.717, 1.165) is 50.0 Å². The molecular formula is C16H30N6O3S. The van der Waals surface area contributed by atoms with Crippen molar-refractivity contribution in [2.45, 2.75) is 45.7 Å². The van der Waals surface area contributed by atoms with Crippen LogP contribution in [-0.4, -0.2) is 73.5 Å². The summed E-state index contributed by atoms with van der Waals surface area (Å²) in [6, 6.07) is 0.248. The Morgan fingerprint density at radius 2 is 2.19 bits per heavy atom. The lowest BCUT2D eigenvalue weighted by molar-refractivity contribution is 0.157. The number of hydrogen-bond donors (Lipinski definition) is 2. The molecule has 2 N–H and O–H groups in total. The van der Waals surface area contributed by atoms with Crippen LogP contribution in [0.25, 0.3) is 0 Å². The summed E-state index contributed by atoms with van der Waals surface area (Å²) in [4.78, 5) is 9.03. The van der Waals surface area contributed by atoms with Crippen molar-refractivity contribution < 1.29 is 13.2 Å². The second-order valence-corrected chi connectivity index (χ2v) is 8.62. The maximum absolute atomic E-state index is 11.0. The number of rotatable bonds is 9. The molecular weight excluding hydrogens is 356 g/mol. The zero-order valence-corrected chi connectivity index (χ0v) is 16.7. The molecule has 10 heteroatoms. The highest BCUT2D eigenvalue weighted by Crippen LogP contribution is 2.13. The van der Waals surface area contributed by atoms with Crippen LogP contribution in [0.5, 0.6) is 0 Å². The summed E-state index contributed by atoms with van der Waals surface area (Å²) >= 11 is 0. The summed E-state index contributed by atoms with van der Waals surface area (Å²) in [5.74, 6) is 2.73. The molecule has 1 atom stereocenters. The molecule has 0 fully saturated rings. The van der Waals surface area contributed by atoms with Gasteiger partial charge in [0.15, 0.2) is 11.8 Å². The van der Waals surface area contributed by atoms with Gasteiger partial charge in [0.1, 0.15) is 15.7 Å². The fourth-order valence-electron chi connectivity index (χ4n) is 2.68. The van der Waals surface area contributed by atoms with Gasteiger partial charge in [-0.05, 0) is 13.3 Å². The van der Waals surface area contributed by atoms with E-state index in [2.05, 4.69) is 32.6 Å². The zero-order chi connectivity index (χ0) is 19.0. The molecule has 1 aliphatic heterocycles. The van der Waals surface area contributed by atoms with E-state index in [1.54, 1.807) is 0 Å². The average Bonchev–Trinajstić information content (AvgIpc) is 2.99. The third kappa shape index (κ3) is 6.91. The molecule has 148 valence electrons. The number of sulfone groups is 1. The SMILES string of the molecule is CCNC(=NCCOCCS(C)(=O)=O)NC1CCc2nc(CC)nn2C1. The molecule has 9 nitrogen and oxygen atoms in total. The van der Waals surface area contributed by atoms with Crippen LogP contribution in [-0.2, 0) is 34.0 Å². The molecule has 0 aliphatic carbocycles. The first-order chi connectivity index (χ1) is 12.4. The van der Waals surface area contributed by atoms with Gasteiger partial charge in [-0.2, -0.15) is 5.10 Å². The molecule has 1 unspecified atom stereocenters. The van der Waals surface area contributed by atoms with Gasteiger partial charge in [-0.15, -0.1) is 0 Å². The van der Waals surface area contributed by atoms with E-state index in [9.17, 15) is 8.42 Å².